The first-order valence-electron chi connectivity index (χ1n) is 12.7. The van der Waals surface area contributed by atoms with Gasteiger partial charge in [0.2, 0.25) is 15.9 Å². The Balaban J connectivity index is 1.48. The fourth-order valence-electron chi connectivity index (χ4n) is 4.68. The van der Waals surface area contributed by atoms with Gasteiger partial charge in [-0.15, -0.1) is 0 Å². The number of Topliss-reactive ketones (excluding diaryl/α,β-unsaturated/α-hetero) is 1. The van der Waals surface area contributed by atoms with E-state index in [1.165, 1.54) is 38.2 Å². The van der Waals surface area contributed by atoms with Crippen molar-refractivity contribution < 1.29 is 32.3 Å². The van der Waals surface area contributed by atoms with Gasteiger partial charge in [0, 0.05) is 43.0 Å². The van der Waals surface area contributed by atoms with Gasteiger partial charge in [-0.05, 0) is 42.8 Å². The first-order chi connectivity index (χ1) is 19.5. The molecule has 0 spiro atoms. The number of para-hydroxylation sites is 1. The highest BCUT2D eigenvalue weighted by Gasteiger charge is 2.46. The van der Waals surface area contributed by atoms with Crippen LogP contribution < -0.4 is 5.32 Å². The fraction of sp³-hybridized carbons (Fsp3) is 0.321. The summed E-state index contributed by atoms with van der Waals surface area (Å²) in [5.41, 5.74) is 1.25. The van der Waals surface area contributed by atoms with Crippen molar-refractivity contribution in [1.29, 1.82) is 0 Å². The average Bonchev–Trinajstić information content (AvgIpc) is 3.39. The summed E-state index contributed by atoms with van der Waals surface area (Å²) in [6, 6.07) is 13.6. The Bertz CT molecular complexity index is 1570. The van der Waals surface area contributed by atoms with E-state index >= 15 is 0 Å². The number of amides is 1. The summed E-state index contributed by atoms with van der Waals surface area (Å²) in [5.74, 6) is -1.32. The maximum Gasteiger partial charge on any atom is 0.337 e. The van der Waals surface area contributed by atoms with E-state index in [4.69, 9.17) is 0 Å². The standard InChI is InChI=1S/C28H30N4O7S2/c1-18(33)40-23-14-24(32(17-23)41(37,38)25-8-4-6-19-7-5-13-29-26(19)25)27(35)31(2)16-22(34)15-30-21-11-9-20(10-12-21)28(36)39-3/h4-13,23-24,30H,14-17H2,1-3H3. The third-order valence-corrected chi connectivity index (χ3v) is 9.52. The molecule has 13 heteroatoms. The molecule has 0 aliphatic carbocycles. The first-order valence-corrected chi connectivity index (χ1v) is 15.0. The van der Waals surface area contributed by atoms with E-state index in [0.29, 0.717) is 16.6 Å². The van der Waals surface area contributed by atoms with Crippen molar-refractivity contribution in [3.05, 3.63) is 66.4 Å². The zero-order valence-electron chi connectivity index (χ0n) is 22.8. The summed E-state index contributed by atoms with van der Waals surface area (Å²) >= 11 is 1.00. The first kappa shape index (κ1) is 30.2. The van der Waals surface area contributed by atoms with Crippen LogP contribution in [0.25, 0.3) is 10.9 Å². The van der Waals surface area contributed by atoms with Crippen LogP contribution in [0.4, 0.5) is 5.69 Å². The monoisotopic (exact) mass is 598 g/mol. The van der Waals surface area contributed by atoms with E-state index in [9.17, 15) is 27.6 Å². The molecule has 1 fully saturated rings. The lowest BCUT2D eigenvalue weighted by molar-refractivity contribution is -0.136. The second-order valence-corrected chi connectivity index (χ2v) is 12.9. The van der Waals surface area contributed by atoms with Gasteiger partial charge in [0.05, 0.1) is 31.3 Å². The molecule has 1 amide bonds. The van der Waals surface area contributed by atoms with Crippen molar-refractivity contribution in [1.82, 2.24) is 14.2 Å². The van der Waals surface area contributed by atoms with Gasteiger partial charge in [0.1, 0.15) is 10.9 Å². The second kappa shape index (κ2) is 12.8. The summed E-state index contributed by atoms with van der Waals surface area (Å²) in [4.78, 5) is 55.1. The highest BCUT2D eigenvalue weighted by molar-refractivity contribution is 8.14. The number of benzene rings is 2. The maximum absolute atomic E-state index is 13.9. The Morgan fingerprint density at radius 3 is 2.49 bits per heavy atom. The second-order valence-electron chi connectivity index (χ2n) is 9.54. The van der Waals surface area contributed by atoms with Crippen molar-refractivity contribution in [2.24, 2.45) is 0 Å². The quantitative estimate of drug-likeness (QED) is 0.346. The SMILES string of the molecule is COC(=O)c1ccc(NCC(=O)CN(C)C(=O)C2CC(SC(C)=O)CN2S(=O)(=O)c2cccc3cccnc23)cc1. The lowest BCUT2D eigenvalue weighted by atomic mass is 10.2. The number of hydrogen-bond acceptors (Lipinski definition) is 10. The molecular weight excluding hydrogens is 568 g/mol. The number of ketones is 1. The van der Waals surface area contributed by atoms with E-state index < -0.39 is 33.2 Å². The summed E-state index contributed by atoms with van der Waals surface area (Å²) in [7, 11) is -1.45. The van der Waals surface area contributed by atoms with Gasteiger partial charge in [0.15, 0.2) is 10.9 Å². The number of anilines is 1. The molecule has 1 N–H and O–H groups in total. The Kier molecular flexibility index (Phi) is 9.41. The van der Waals surface area contributed by atoms with Gasteiger partial charge in [-0.1, -0.05) is 30.0 Å². The number of nitrogens with one attached hydrogen (secondary N) is 1. The number of carbonyl (C=O) groups is 4. The topological polar surface area (TPSA) is 143 Å². The number of nitrogens with zero attached hydrogens (tertiary/aromatic N) is 3. The Morgan fingerprint density at radius 1 is 1.10 bits per heavy atom. The van der Waals surface area contributed by atoms with E-state index in [2.05, 4.69) is 15.0 Å². The number of thioether (sulfide) groups is 1. The Morgan fingerprint density at radius 2 is 1.80 bits per heavy atom. The molecule has 41 heavy (non-hydrogen) atoms. The van der Waals surface area contributed by atoms with Crippen molar-refractivity contribution >= 4 is 61.2 Å². The minimum Gasteiger partial charge on any atom is -0.465 e. The van der Waals surface area contributed by atoms with Crippen LogP contribution in [-0.4, -0.2) is 90.5 Å². The number of fused-ring (bicyclic) bond motifs is 1. The van der Waals surface area contributed by atoms with Crippen molar-refractivity contribution in [2.75, 3.05) is 39.1 Å². The number of carbonyl (C=O) groups excluding carboxylic acids is 4. The number of sulfonamides is 1. The van der Waals surface area contributed by atoms with E-state index in [1.54, 1.807) is 48.5 Å². The third kappa shape index (κ3) is 6.92. The lowest BCUT2D eigenvalue weighted by Gasteiger charge is -2.27. The number of ether oxygens (including phenoxy) is 1. The molecule has 2 heterocycles. The molecule has 4 rings (SSSR count). The number of pyridine rings is 1. The van der Waals surface area contributed by atoms with Crippen LogP contribution in [0.2, 0.25) is 0 Å². The zero-order valence-corrected chi connectivity index (χ0v) is 24.4. The zero-order chi connectivity index (χ0) is 29.7. The normalized spacial score (nSPS) is 17.2. The van der Waals surface area contributed by atoms with Crippen molar-refractivity contribution in [2.45, 2.75) is 29.5 Å². The van der Waals surface area contributed by atoms with Crippen LogP contribution in [0.1, 0.15) is 23.7 Å². The minimum absolute atomic E-state index is 0.0250. The number of methoxy groups -OCH3 is 1. The molecule has 2 aromatic carbocycles. The summed E-state index contributed by atoms with van der Waals surface area (Å²) in [6.45, 7) is 1.02. The molecular formula is C28H30N4O7S2. The molecule has 2 atom stereocenters. The van der Waals surface area contributed by atoms with E-state index in [-0.39, 0.29) is 47.4 Å². The Labute approximate surface area is 242 Å². The van der Waals surface area contributed by atoms with Crippen molar-refractivity contribution in [3.63, 3.8) is 0 Å². The largest absolute Gasteiger partial charge is 0.465 e. The van der Waals surface area contributed by atoms with E-state index in [1.807, 2.05) is 0 Å². The molecule has 0 saturated carbocycles. The summed E-state index contributed by atoms with van der Waals surface area (Å²) < 4.78 is 33.6. The van der Waals surface area contributed by atoms with E-state index in [0.717, 1.165) is 16.1 Å². The van der Waals surface area contributed by atoms with Crippen LogP contribution >= 0.6 is 11.8 Å². The van der Waals surface area contributed by atoms with Crippen molar-refractivity contribution in [3.8, 4) is 0 Å². The molecule has 0 bridgehead atoms. The van der Waals surface area contributed by atoms with Gasteiger partial charge in [-0.2, -0.15) is 4.31 Å². The predicted octanol–water partition coefficient (Wildman–Crippen LogP) is 2.57. The summed E-state index contributed by atoms with van der Waals surface area (Å²) in [6.07, 6.45) is 1.63. The van der Waals surface area contributed by atoms with Crippen LogP contribution in [0.3, 0.4) is 0 Å². The van der Waals surface area contributed by atoms with Gasteiger partial charge in [-0.3, -0.25) is 19.4 Å². The van der Waals surface area contributed by atoms with Crippen LogP contribution in [0.15, 0.2) is 65.7 Å². The molecule has 216 valence electrons. The molecule has 3 aromatic rings. The predicted molar refractivity (Wildman–Crippen MR) is 155 cm³/mol. The highest BCUT2D eigenvalue weighted by Crippen LogP contribution is 2.35. The average molecular weight is 599 g/mol. The molecule has 1 aliphatic heterocycles. The minimum atomic E-state index is -4.18. The molecule has 11 nitrogen and oxygen atoms in total. The van der Waals surface area contributed by atoms with Gasteiger partial charge in [0.25, 0.3) is 0 Å². The molecule has 1 aromatic heterocycles. The van der Waals surface area contributed by atoms with Crippen LogP contribution in [-0.2, 0) is 29.1 Å². The van der Waals surface area contributed by atoms with Gasteiger partial charge in [-0.25, -0.2) is 13.2 Å². The number of hydrogen-bond donors (Lipinski definition) is 1. The smallest absolute Gasteiger partial charge is 0.337 e. The van der Waals surface area contributed by atoms with Crippen LogP contribution in [0, 0.1) is 0 Å². The van der Waals surface area contributed by atoms with Gasteiger partial charge < -0.3 is 15.0 Å². The maximum atomic E-state index is 13.9. The lowest BCUT2D eigenvalue weighted by Crippen LogP contribution is -2.48. The number of likely N-dealkylation sites (N-methyl/N-ethyl adjacent to an activating group) is 1. The molecule has 1 saturated heterocycles. The summed E-state index contributed by atoms with van der Waals surface area (Å²) in [5, 5.41) is 2.99. The molecule has 0 radical (unpaired) electrons. The Hall–Kier alpha value is -3.81. The highest BCUT2D eigenvalue weighted by atomic mass is 32.2. The third-order valence-electron chi connectivity index (χ3n) is 6.60. The number of esters is 1. The number of aromatic nitrogens is 1. The molecule has 2 unspecified atom stereocenters. The fourth-order valence-corrected chi connectivity index (χ4v) is 7.57. The van der Waals surface area contributed by atoms with Crippen LogP contribution in [0.5, 0.6) is 0 Å². The molecule has 1 aliphatic rings. The van der Waals surface area contributed by atoms with Gasteiger partial charge >= 0.3 is 5.97 Å². The number of rotatable bonds is 10.